The maximum absolute atomic E-state index is 6.13. The Morgan fingerprint density at radius 1 is 1.44 bits per heavy atom. The predicted octanol–water partition coefficient (Wildman–Crippen LogP) is 4.01. The van der Waals surface area contributed by atoms with Crippen molar-refractivity contribution in [1.82, 2.24) is 9.78 Å². The van der Waals surface area contributed by atoms with Crippen molar-refractivity contribution in [3.8, 4) is 5.75 Å². The van der Waals surface area contributed by atoms with Crippen LogP contribution >= 0.6 is 15.9 Å². The molecule has 1 aliphatic carbocycles. The van der Waals surface area contributed by atoms with Crippen molar-refractivity contribution in [3.05, 3.63) is 12.4 Å². The van der Waals surface area contributed by atoms with Crippen LogP contribution in [0.1, 0.15) is 46.5 Å². The Morgan fingerprint density at radius 3 is 2.72 bits per heavy atom. The molecule has 1 saturated carbocycles. The lowest BCUT2D eigenvalue weighted by atomic mass is 9.62. The maximum atomic E-state index is 6.13. The van der Waals surface area contributed by atoms with Gasteiger partial charge in [0.15, 0.2) is 5.75 Å². The van der Waals surface area contributed by atoms with Crippen LogP contribution < -0.4 is 4.74 Å². The fraction of sp³-hybridized carbons (Fsp3) is 0.786. The Labute approximate surface area is 118 Å². The van der Waals surface area contributed by atoms with Crippen LogP contribution in [0.4, 0.5) is 0 Å². The number of aryl methyl sites for hydroxylation is 1. The van der Waals surface area contributed by atoms with Crippen molar-refractivity contribution in [3.63, 3.8) is 0 Å². The first-order valence-corrected chi connectivity index (χ1v) is 7.91. The Hall–Kier alpha value is -0.510. The van der Waals surface area contributed by atoms with Crippen molar-refractivity contribution in [2.45, 2.75) is 63.9 Å². The second kappa shape index (κ2) is 5.64. The van der Waals surface area contributed by atoms with Gasteiger partial charge in [-0.2, -0.15) is 5.10 Å². The van der Waals surface area contributed by atoms with Crippen molar-refractivity contribution >= 4 is 15.9 Å². The van der Waals surface area contributed by atoms with Crippen molar-refractivity contribution < 1.29 is 4.74 Å². The average molecular weight is 315 g/mol. The molecular weight excluding hydrogens is 292 g/mol. The zero-order chi connectivity index (χ0) is 13.2. The zero-order valence-electron chi connectivity index (χ0n) is 11.5. The van der Waals surface area contributed by atoms with Crippen molar-refractivity contribution in [1.29, 1.82) is 0 Å². The molecule has 1 aromatic rings. The van der Waals surface area contributed by atoms with Gasteiger partial charge in [0, 0.05) is 16.8 Å². The van der Waals surface area contributed by atoms with E-state index in [9.17, 15) is 0 Å². The largest absolute Gasteiger partial charge is 0.486 e. The molecule has 1 aliphatic rings. The fourth-order valence-electron chi connectivity index (χ4n) is 2.93. The monoisotopic (exact) mass is 314 g/mol. The van der Waals surface area contributed by atoms with E-state index in [1.54, 1.807) is 0 Å². The molecule has 1 heterocycles. The third-order valence-corrected chi connectivity index (χ3v) is 5.63. The van der Waals surface area contributed by atoms with E-state index in [1.165, 1.54) is 0 Å². The topological polar surface area (TPSA) is 27.1 Å². The number of nitrogens with zero attached hydrogens (tertiary/aromatic N) is 2. The van der Waals surface area contributed by atoms with Crippen LogP contribution in [0.2, 0.25) is 0 Å². The molecule has 0 aliphatic heterocycles. The summed E-state index contributed by atoms with van der Waals surface area (Å²) in [5.41, 5.74) is 0.298. The van der Waals surface area contributed by atoms with Crippen LogP contribution in [0.3, 0.4) is 0 Å². The minimum atomic E-state index is 0.298. The number of hydrogen-bond donors (Lipinski definition) is 0. The molecule has 3 nitrogen and oxygen atoms in total. The van der Waals surface area contributed by atoms with Gasteiger partial charge in [-0.25, -0.2) is 0 Å². The highest BCUT2D eigenvalue weighted by molar-refractivity contribution is 9.09. The van der Waals surface area contributed by atoms with Crippen LogP contribution in [0.15, 0.2) is 12.4 Å². The van der Waals surface area contributed by atoms with E-state index < -0.39 is 0 Å². The van der Waals surface area contributed by atoms with Gasteiger partial charge in [-0.1, -0.05) is 36.7 Å². The van der Waals surface area contributed by atoms with Gasteiger partial charge in [-0.3, -0.25) is 4.68 Å². The molecular formula is C14H23BrN2O. The summed E-state index contributed by atoms with van der Waals surface area (Å²) in [5, 5.41) is 4.32. The summed E-state index contributed by atoms with van der Waals surface area (Å²) in [4.78, 5) is 0.593. The van der Waals surface area contributed by atoms with Gasteiger partial charge in [0.1, 0.15) is 6.10 Å². The maximum Gasteiger partial charge on any atom is 0.157 e. The molecule has 0 bridgehead atoms. The molecule has 2 atom stereocenters. The second-order valence-electron chi connectivity index (χ2n) is 5.19. The van der Waals surface area contributed by atoms with Crippen LogP contribution in [-0.2, 0) is 6.54 Å². The third-order valence-electron chi connectivity index (χ3n) is 4.34. The standard InChI is InChI=1S/C14H23BrN2O/c1-4-7-17-10-11(9-16-17)18-13-8-12(15)14(13,5-2)6-3/h9-10,12-13H,4-8H2,1-3H3. The number of alkyl halides is 1. The van der Waals surface area contributed by atoms with Crippen molar-refractivity contribution in [2.24, 2.45) is 5.41 Å². The number of hydrogen-bond acceptors (Lipinski definition) is 2. The number of halogens is 1. The minimum Gasteiger partial charge on any atom is -0.486 e. The normalized spacial score (nSPS) is 25.8. The highest BCUT2D eigenvalue weighted by Gasteiger charge is 2.53. The summed E-state index contributed by atoms with van der Waals surface area (Å²) < 4.78 is 8.09. The summed E-state index contributed by atoms with van der Waals surface area (Å²) in [6.45, 7) is 7.63. The molecule has 2 rings (SSSR count). The number of ether oxygens (including phenoxy) is 1. The highest BCUT2D eigenvalue weighted by Crippen LogP contribution is 2.52. The lowest BCUT2D eigenvalue weighted by Crippen LogP contribution is -2.56. The quantitative estimate of drug-likeness (QED) is 0.742. The van der Waals surface area contributed by atoms with E-state index in [0.717, 1.165) is 38.0 Å². The molecule has 1 fully saturated rings. The molecule has 0 radical (unpaired) electrons. The van der Waals surface area contributed by atoms with Gasteiger partial charge in [0.2, 0.25) is 0 Å². The van der Waals surface area contributed by atoms with Gasteiger partial charge >= 0.3 is 0 Å². The molecule has 4 heteroatoms. The zero-order valence-corrected chi connectivity index (χ0v) is 13.1. The van der Waals surface area contributed by atoms with E-state index in [-0.39, 0.29) is 0 Å². The van der Waals surface area contributed by atoms with E-state index in [2.05, 4.69) is 41.8 Å². The Balaban J connectivity index is 2.01. The Morgan fingerprint density at radius 2 is 2.17 bits per heavy atom. The molecule has 18 heavy (non-hydrogen) atoms. The molecule has 0 N–H and O–H groups in total. The van der Waals surface area contributed by atoms with Gasteiger partial charge in [-0.05, 0) is 25.7 Å². The van der Waals surface area contributed by atoms with E-state index in [4.69, 9.17) is 4.74 Å². The third kappa shape index (κ3) is 2.31. The molecule has 2 unspecified atom stereocenters. The van der Waals surface area contributed by atoms with Gasteiger partial charge in [0.05, 0.1) is 12.4 Å². The average Bonchev–Trinajstić information content (AvgIpc) is 2.78. The predicted molar refractivity (Wildman–Crippen MR) is 77.3 cm³/mol. The first-order valence-electron chi connectivity index (χ1n) is 6.99. The molecule has 102 valence electrons. The van der Waals surface area contributed by atoms with Gasteiger partial charge < -0.3 is 4.74 Å². The van der Waals surface area contributed by atoms with Gasteiger partial charge in [-0.15, -0.1) is 0 Å². The molecule has 0 amide bonds. The SMILES string of the molecule is CCCn1cc(OC2CC(Br)C2(CC)CC)cn1. The molecule has 0 saturated heterocycles. The summed E-state index contributed by atoms with van der Waals surface area (Å²) in [6.07, 6.45) is 8.70. The van der Waals surface area contributed by atoms with Crippen molar-refractivity contribution in [2.75, 3.05) is 0 Å². The number of aromatic nitrogens is 2. The molecule has 1 aromatic heterocycles. The summed E-state index contributed by atoms with van der Waals surface area (Å²) >= 11 is 3.79. The summed E-state index contributed by atoms with van der Waals surface area (Å²) in [7, 11) is 0. The first-order chi connectivity index (χ1) is 8.66. The smallest absolute Gasteiger partial charge is 0.157 e. The second-order valence-corrected chi connectivity index (χ2v) is 6.29. The first kappa shape index (κ1) is 13.9. The van der Waals surface area contributed by atoms with E-state index >= 15 is 0 Å². The summed E-state index contributed by atoms with van der Waals surface area (Å²) in [5.74, 6) is 0.916. The van der Waals surface area contributed by atoms with Crippen LogP contribution in [0.25, 0.3) is 0 Å². The van der Waals surface area contributed by atoms with Gasteiger partial charge in [0.25, 0.3) is 0 Å². The lowest BCUT2D eigenvalue weighted by Gasteiger charge is -2.52. The van der Waals surface area contributed by atoms with E-state index in [1.807, 2.05) is 17.1 Å². The highest BCUT2D eigenvalue weighted by atomic mass is 79.9. The summed E-state index contributed by atoms with van der Waals surface area (Å²) in [6, 6.07) is 0. The minimum absolute atomic E-state index is 0.298. The Kier molecular flexibility index (Phi) is 4.36. The number of rotatable bonds is 6. The van der Waals surface area contributed by atoms with Crippen LogP contribution in [-0.4, -0.2) is 20.7 Å². The lowest BCUT2D eigenvalue weighted by molar-refractivity contribution is -0.0411. The van der Waals surface area contributed by atoms with E-state index in [0.29, 0.717) is 16.3 Å². The molecule has 0 aromatic carbocycles. The van der Waals surface area contributed by atoms with Crippen LogP contribution in [0.5, 0.6) is 5.75 Å². The van der Waals surface area contributed by atoms with Crippen LogP contribution in [0, 0.1) is 5.41 Å². The Bertz CT molecular complexity index is 387. The molecule has 0 spiro atoms. The fourth-order valence-corrected chi connectivity index (χ4v) is 4.22.